The van der Waals surface area contributed by atoms with Crippen LogP contribution in [-0.2, 0) is 4.79 Å². The minimum Gasteiger partial charge on any atom is -0.494 e. The number of H-pyrrole nitrogens is 1. The van der Waals surface area contributed by atoms with Gasteiger partial charge in [0.05, 0.1) is 11.3 Å². The number of rotatable bonds is 3. The van der Waals surface area contributed by atoms with E-state index in [1.807, 2.05) is 53.4 Å². The molecule has 1 aromatic heterocycles. The van der Waals surface area contributed by atoms with E-state index in [4.69, 9.17) is 0 Å². The summed E-state index contributed by atoms with van der Waals surface area (Å²) in [5, 5.41) is 11.0. The maximum atomic E-state index is 11.4. The van der Waals surface area contributed by atoms with E-state index in [0.717, 1.165) is 48.5 Å². The summed E-state index contributed by atoms with van der Waals surface area (Å²) in [4.78, 5) is 23.0. The van der Waals surface area contributed by atoms with E-state index >= 15 is 0 Å². The number of aromatic hydroxyl groups is 1. The first-order valence-corrected chi connectivity index (χ1v) is 9.06. The fourth-order valence-electron chi connectivity index (χ4n) is 3.45. The van der Waals surface area contributed by atoms with Gasteiger partial charge in [0.25, 0.3) is 0 Å². The number of aliphatic imine (C=N–C) groups is 1. The van der Waals surface area contributed by atoms with Crippen molar-refractivity contribution in [1.29, 1.82) is 0 Å². The standard InChI is InChI=1S/C21H22N4O2/c1-15(26)24-10-12-25(13-11-24)17-8-6-16(7-9-17)22-14-19-18-4-2-3-5-20(18)23-21(19)27/h2-9,14,23,27H,10-13H2,1H3. The van der Waals surface area contributed by atoms with Crippen molar-refractivity contribution in [2.24, 2.45) is 4.99 Å². The van der Waals surface area contributed by atoms with E-state index in [9.17, 15) is 9.90 Å². The zero-order valence-electron chi connectivity index (χ0n) is 15.2. The number of hydrogen-bond acceptors (Lipinski definition) is 4. The molecule has 138 valence electrons. The number of fused-ring (bicyclic) bond motifs is 1. The summed E-state index contributed by atoms with van der Waals surface area (Å²) in [6.07, 6.45) is 1.69. The van der Waals surface area contributed by atoms with Gasteiger partial charge >= 0.3 is 0 Å². The van der Waals surface area contributed by atoms with Crippen molar-refractivity contribution < 1.29 is 9.90 Å². The minimum atomic E-state index is 0.125. The van der Waals surface area contributed by atoms with Crippen LogP contribution in [0, 0.1) is 0 Å². The molecule has 0 unspecified atom stereocenters. The molecule has 3 aromatic rings. The molecular formula is C21H22N4O2. The Bertz CT molecular complexity index is 983. The van der Waals surface area contributed by atoms with Crippen LogP contribution in [0.15, 0.2) is 53.5 Å². The summed E-state index contributed by atoms with van der Waals surface area (Å²) < 4.78 is 0. The summed E-state index contributed by atoms with van der Waals surface area (Å²) in [6, 6.07) is 15.8. The highest BCUT2D eigenvalue weighted by atomic mass is 16.3. The molecule has 1 fully saturated rings. The lowest BCUT2D eigenvalue weighted by Crippen LogP contribution is -2.48. The van der Waals surface area contributed by atoms with Crippen LogP contribution in [0.2, 0.25) is 0 Å². The van der Waals surface area contributed by atoms with Crippen molar-refractivity contribution in [3.63, 3.8) is 0 Å². The van der Waals surface area contributed by atoms with Crippen LogP contribution < -0.4 is 4.90 Å². The Morgan fingerprint density at radius 2 is 1.78 bits per heavy atom. The third-order valence-corrected chi connectivity index (χ3v) is 5.01. The molecule has 2 heterocycles. The maximum Gasteiger partial charge on any atom is 0.219 e. The van der Waals surface area contributed by atoms with Gasteiger partial charge in [-0.15, -0.1) is 0 Å². The predicted molar refractivity (Wildman–Crippen MR) is 108 cm³/mol. The van der Waals surface area contributed by atoms with Gasteiger partial charge in [-0.25, -0.2) is 0 Å². The van der Waals surface area contributed by atoms with Crippen molar-refractivity contribution in [2.45, 2.75) is 6.92 Å². The third-order valence-electron chi connectivity index (χ3n) is 5.01. The average Bonchev–Trinajstić information content (AvgIpc) is 3.02. The minimum absolute atomic E-state index is 0.125. The normalized spacial score (nSPS) is 15.0. The molecule has 1 aliphatic rings. The molecule has 1 aliphatic heterocycles. The number of amides is 1. The van der Waals surface area contributed by atoms with Crippen molar-refractivity contribution >= 4 is 34.4 Å². The van der Waals surface area contributed by atoms with Crippen LogP contribution in [0.5, 0.6) is 5.88 Å². The number of benzene rings is 2. The van der Waals surface area contributed by atoms with Gasteiger partial charge in [0, 0.05) is 55.9 Å². The Balaban J connectivity index is 1.47. The fraction of sp³-hybridized carbons (Fsp3) is 0.238. The molecule has 0 atom stereocenters. The molecule has 6 nitrogen and oxygen atoms in total. The highest BCUT2D eigenvalue weighted by Crippen LogP contribution is 2.26. The summed E-state index contributed by atoms with van der Waals surface area (Å²) >= 11 is 0. The largest absolute Gasteiger partial charge is 0.494 e. The van der Waals surface area contributed by atoms with Gasteiger partial charge in [-0.2, -0.15) is 0 Å². The van der Waals surface area contributed by atoms with E-state index in [-0.39, 0.29) is 11.8 Å². The predicted octanol–water partition coefficient (Wildman–Crippen LogP) is 3.29. The second-order valence-electron chi connectivity index (χ2n) is 6.70. The van der Waals surface area contributed by atoms with Gasteiger partial charge in [-0.05, 0) is 30.3 Å². The number of nitrogens with one attached hydrogen (secondary N) is 1. The first-order chi connectivity index (χ1) is 13.1. The van der Waals surface area contributed by atoms with Gasteiger partial charge in [-0.3, -0.25) is 9.79 Å². The number of hydrogen-bond donors (Lipinski definition) is 2. The number of aromatic amines is 1. The molecule has 0 aliphatic carbocycles. The molecule has 2 N–H and O–H groups in total. The Labute approximate surface area is 157 Å². The molecule has 2 aromatic carbocycles. The lowest BCUT2D eigenvalue weighted by atomic mass is 10.2. The molecule has 27 heavy (non-hydrogen) atoms. The second-order valence-corrected chi connectivity index (χ2v) is 6.70. The zero-order valence-corrected chi connectivity index (χ0v) is 15.2. The highest BCUT2D eigenvalue weighted by molar-refractivity contribution is 6.02. The van der Waals surface area contributed by atoms with Gasteiger partial charge in [0.15, 0.2) is 5.88 Å². The zero-order chi connectivity index (χ0) is 18.8. The lowest BCUT2D eigenvalue weighted by Gasteiger charge is -2.35. The quantitative estimate of drug-likeness (QED) is 0.702. The fourth-order valence-corrected chi connectivity index (χ4v) is 3.45. The van der Waals surface area contributed by atoms with Crippen LogP contribution in [0.3, 0.4) is 0 Å². The number of para-hydroxylation sites is 1. The van der Waals surface area contributed by atoms with Gasteiger partial charge in [0.2, 0.25) is 5.91 Å². The van der Waals surface area contributed by atoms with Gasteiger partial charge < -0.3 is 19.9 Å². The molecule has 0 saturated carbocycles. The molecule has 1 amide bonds. The van der Waals surface area contributed by atoms with E-state index in [2.05, 4.69) is 14.9 Å². The number of anilines is 1. The smallest absolute Gasteiger partial charge is 0.219 e. The lowest BCUT2D eigenvalue weighted by molar-refractivity contribution is -0.129. The SMILES string of the molecule is CC(=O)N1CCN(c2ccc(N=Cc3c(O)[nH]c4ccccc34)cc2)CC1. The van der Waals surface area contributed by atoms with E-state index < -0.39 is 0 Å². The van der Waals surface area contributed by atoms with E-state index in [1.54, 1.807) is 13.1 Å². The van der Waals surface area contributed by atoms with Crippen LogP contribution in [0.1, 0.15) is 12.5 Å². The van der Waals surface area contributed by atoms with E-state index in [0.29, 0.717) is 5.56 Å². The topological polar surface area (TPSA) is 71.9 Å². The summed E-state index contributed by atoms with van der Waals surface area (Å²) in [6.45, 7) is 4.81. The summed E-state index contributed by atoms with van der Waals surface area (Å²) in [5.41, 5.74) is 3.53. The van der Waals surface area contributed by atoms with Crippen molar-refractivity contribution in [3.8, 4) is 5.88 Å². The first kappa shape index (κ1) is 17.1. The third kappa shape index (κ3) is 3.51. The monoisotopic (exact) mass is 362 g/mol. The Hall–Kier alpha value is -3.28. The van der Waals surface area contributed by atoms with Crippen LogP contribution in [0.25, 0.3) is 10.9 Å². The molecule has 0 radical (unpaired) electrons. The number of carbonyl (C=O) groups is 1. The number of nitrogens with zero attached hydrogens (tertiary/aromatic N) is 3. The van der Waals surface area contributed by atoms with Crippen LogP contribution in [-0.4, -0.2) is 53.3 Å². The second kappa shape index (κ2) is 7.15. The molecule has 0 bridgehead atoms. The molecular weight excluding hydrogens is 340 g/mol. The number of carbonyl (C=O) groups excluding carboxylic acids is 1. The molecule has 0 spiro atoms. The van der Waals surface area contributed by atoms with Crippen LogP contribution in [0.4, 0.5) is 11.4 Å². The number of aromatic nitrogens is 1. The maximum absolute atomic E-state index is 11.4. The van der Waals surface area contributed by atoms with Crippen molar-refractivity contribution in [1.82, 2.24) is 9.88 Å². The highest BCUT2D eigenvalue weighted by Gasteiger charge is 2.18. The van der Waals surface area contributed by atoms with Crippen molar-refractivity contribution in [3.05, 3.63) is 54.1 Å². The molecule has 1 saturated heterocycles. The summed E-state index contributed by atoms with van der Waals surface area (Å²) in [7, 11) is 0. The number of piperazine rings is 1. The van der Waals surface area contributed by atoms with E-state index in [1.165, 1.54) is 0 Å². The first-order valence-electron chi connectivity index (χ1n) is 9.06. The summed E-state index contributed by atoms with van der Waals surface area (Å²) in [5.74, 6) is 0.264. The Morgan fingerprint density at radius 1 is 1.07 bits per heavy atom. The van der Waals surface area contributed by atoms with Gasteiger partial charge in [0.1, 0.15) is 0 Å². The Kier molecular flexibility index (Phi) is 4.54. The Morgan fingerprint density at radius 3 is 2.48 bits per heavy atom. The molecule has 6 heteroatoms. The molecule has 4 rings (SSSR count). The van der Waals surface area contributed by atoms with Crippen LogP contribution >= 0.6 is 0 Å². The average molecular weight is 362 g/mol. The van der Waals surface area contributed by atoms with Crippen molar-refractivity contribution in [2.75, 3.05) is 31.1 Å². The van der Waals surface area contributed by atoms with Gasteiger partial charge in [-0.1, -0.05) is 18.2 Å².